The van der Waals surface area contributed by atoms with Gasteiger partial charge in [-0.2, -0.15) is 0 Å². The lowest BCUT2D eigenvalue weighted by Gasteiger charge is -2.19. The molecule has 3 rings (SSSR count). The van der Waals surface area contributed by atoms with Gasteiger partial charge in [0.25, 0.3) is 0 Å². The minimum absolute atomic E-state index is 0.316. The van der Waals surface area contributed by atoms with Crippen molar-refractivity contribution >= 4 is 12.0 Å². The van der Waals surface area contributed by atoms with E-state index < -0.39 is 0 Å². The van der Waals surface area contributed by atoms with E-state index in [9.17, 15) is 9.18 Å². The van der Waals surface area contributed by atoms with E-state index in [0.717, 1.165) is 19.5 Å². The fourth-order valence-electron chi connectivity index (χ4n) is 2.83. The number of halogens is 1. The summed E-state index contributed by atoms with van der Waals surface area (Å²) in [5.74, 6) is 0.129. The molecule has 2 aromatic carbocycles. The number of benzene rings is 2. The van der Waals surface area contributed by atoms with Gasteiger partial charge >= 0.3 is 0 Å². The van der Waals surface area contributed by atoms with Crippen molar-refractivity contribution in [3.63, 3.8) is 0 Å². The molecule has 1 atom stereocenters. The van der Waals surface area contributed by atoms with Crippen molar-refractivity contribution < 1.29 is 9.18 Å². The van der Waals surface area contributed by atoms with Gasteiger partial charge in [0.1, 0.15) is 12.1 Å². The molecule has 0 aliphatic carbocycles. The second kappa shape index (κ2) is 5.45. The van der Waals surface area contributed by atoms with Crippen molar-refractivity contribution in [2.45, 2.75) is 12.3 Å². The van der Waals surface area contributed by atoms with E-state index in [2.05, 4.69) is 17.0 Å². The number of carbonyl (C=O) groups excluding carboxylic acids is 1. The topological polar surface area (TPSA) is 20.3 Å². The van der Waals surface area contributed by atoms with Crippen LogP contribution < -0.4 is 4.90 Å². The van der Waals surface area contributed by atoms with Gasteiger partial charge in [-0.05, 0) is 30.2 Å². The molecule has 3 heteroatoms. The molecule has 0 N–H and O–H groups in total. The van der Waals surface area contributed by atoms with Gasteiger partial charge in [0.2, 0.25) is 0 Å². The molecule has 20 heavy (non-hydrogen) atoms. The average molecular weight is 269 g/mol. The van der Waals surface area contributed by atoms with Gasteiger partial charge in [-0.3, -0.25) is 4.79 Å². The second-order valence-electron chi connectivity index (χ2n) is 5.17. The Morgan fingerprint density at radius 2 is 1.95 bits per heavy atom. The largest absolute Gasteiger partial charge is 0.369 e. The normalized spacial score (nSPS) is 18.2. The molecule has 1 unspecified atom stereocenters. The molecule has 0 saturated carbocycles. The first kappa shape index (κ1) is 12.9. The lowest BCUT2D eigenvalue weighted by atomic mass is 9.99. The first-order valence-electron chi connectivity index (χ1n) is 6.82. The van der Waals surface area contributed by atoms with Gasteiger partial charge < -0.3 is 4.90 Å². The molecule has 1 aliphatic heterocycles. The van der Waals surface area contributed by atoms with Gasteiger partial charge in [-0.1, -0.05) is 30.3 Å². The molecule has 1 fully saturated rings. The van der Waals surface area contributed by atoms with Gasteiger partial charge in [0, 0.05) is 24.6 Å². The standard InChI is InChI=1S/C17H16FNO/c18-16-10-13(12-20)6-7-17(16)19-9-8-15(11-19)14-4-2-1-3-5-14/h1-7,10,12,15H,8-9,11H2. The summed E-state index contributed by atoms with van der Waals surface area (Å²) in [4.78, 5) is 12.7. The quantitative estimate of drug-likeness (QED) is 0.793. The summed E-state index contributed by atoms with van der Waals surface area (Å²) in [6.07, 6.45) is 1.70. The maximum Gasteiger partial charge on any atom is 0.150 e. The highest BCUT2D eigenvalue weighted by atomic mass is 19.1. The predicted octanol–water partition coefficient (Wildman–Crippen LogP) is 3.63. The van der Waals surface area contributed by atoms with Crippen LogP contribution in [0.4, 0.5) is 10.1 Å². The first-order valence-corrected chi connectivity index (χ1v) is 6.82. The zero-order chi connectivity index (χ0) is 13.9. The summed E-state index contributed by atoms with van der Waals surface area (Å²) >= 11 is 0. The van der Waals surface area contributed by atoms with Crippen molar-refractivity contribution in [2.24, 2.45) is 0 Å². The highest BCUT2D eigenvalue weighted by Crippen LogP contribution is 2.32. The second-order valence-corrected chi connectivity index (χ2v) is 5.17. The molecule has 2 aromatic rings. The van der Waals surface area contributed by atoms with Crippen molar-refractivity contribution in [3.8, 4) is 0 Å². The van der Waals surface area contributed by atoms with Crippen LogP contribution in [0.3, 0.4) is 0 Å². The molecule has 1 saturated heterocycles. The number of hydrogen-bond acceptors (Lipinski definition) is 2. The zero-order valence-corrected chi connectivity index (χ0v) is 11.1. The Morgan fingerprint density at radius 3 is 2.65 bits per heavy atom. The number of aldehydes is 1. The van der Waals surface area contributed by atoms with Crippen LogP contribution in [0.1, 0.15) is 28.3 Å². The van der Waals surface area contributed by atoms with Crippen molar-refractivity contribution in [1.29, 1.82) is 0 Å². The maximum atomic E-state index is 14.0. The van der Waals surface area contributed by atoms with Crippen molar-refractivity contribution in [1.82, 2.24) is 0 Å². The third-order valence-corrected chi connectivity index (χ3v) is 3.91. The van der Waals surface area contributed by atoms with Crippen LogP contribution in [0.5, 0.6) is 0 Å². The van der Waals surface area contributed by atoms with Crippen molar-refractivity contribution in [3.05, 3.63) is 65.5 Å². The summed E-state index contributed by atoms with van der Waals surface area (Å²) in [5.41, 5.74) is 2.28. The van der Waals surface area contributed by atoms with Crippen LogP contribution in [-0.4, -0.2) is 19.4 Å². The monoisotopic (exact) mass is 269 g/mol. The van der Waals surface area contributed by atoms with E-state index >= 15 is 0 Å². The number of nitrogens with zero attached hydrogens (tertiary/aromatic N) is 1. The summed E-state index contributed by atoms with van der Waals surface area (Å²) in [6.45, 7) is 1.66. The van der Waals surface area contributed by atoms with Gasteiger partial charge in [-0.25, -0.2) is 4.39 Å². The Bertz CT molecular complexity index is 612. The highest BCUT2D eigenvalue weighted by molar-refractivity contribution is 5.76. The Hall–Kier alpha value is -2.16. The third-order valence-electron chi connectivity index (χ3n) is 3.91. The summed E-state index contributed by atoms with van der Waals surface area (Å²) in [6, 6.07) is 15.0. The van der Waals surface area contributed by atoms with E-state index in [1.165, 1.54) is 11.6 Å². The third kappa shape index (κ3) is 2.44. The molecular weight excluding hydrogens is 253 g/mol. The zero-order valence-electron chi connectivity index (χ0n) is 11.1. The van der Waals surface area contributed by atoms with Crippen LogP contribution in [0.15, 0.2) is 48.5 Å². The molecule has 0 spiro atoms. The molecule has 102 valence electrons. The van der Waals surface area contributed by atoms with Crippen LogP contribution in [0.25, 0.3) is 0 Å². The van der Waals surface area contributed by atoms with Crippen LogP contribution in [-0.2, 0) is 0 Å². The van der Waals surface area contributed by atoms with Gasteiger partial charge in [-0.15, -0.1) is 0 Å². The number of rotatable bonds is 3. The molecule has 0 radical (unpaired) electrons. The van der Waals surface area contributed by atoms with E-state index in [1.54, 1.807) is 12.1 Å². The molecule has 1 aliphatic rings. The van der Waals surface area contributed by atoms with E-state index in [-0.39, 0.29) is 5.82 Å². The van der Waals surface area contributed by atoms with E-state index in [4.69, 9.17) is 0 Å². The van der Waals surface area contributed by atoms with E-state index in [1.807, 2.05) is 18.2 Å². The molecule has 2 nitrogen and oxygen atoms in total. The number of hydrogen-bond donors (Lipinski definition) is 0. The number of anilines is 1. The minimum Gasteiger partial charge on any atom is -0.369 e. The summed E-state index contributed by atoms with van der Waals surface area (Å²) in [5, 5.41) is 0. The highest BCUT2D eigenvalue weighted by Gasteiger charge is 2.25. The Morgan fingerprint density at radius 1 is 1.15 bits per heavy atom. The Labute approximate surface area is 117 Å². The van der Waals surface area contributed by atoms with Crippen molar-refractivity contribution in [2.75, 3.05) is 18.0 Å². The van der Waals surface area contributed by atoms with Crippen LogP contribution in [0, 0.1) is 5.82 Å². The number of carbonyl (C=O) groups is 1. The smallest absolute Gasteiger partial charge is 0.150 e. The summed E-state index contributed by atoms with van der Waals surface area (Å²) in [7, 11) is 0. The SMILES string of the molecule is O=Cc1ccc(N2CCC(c3ccccc3)C2)c(F)c1. The molecular formula is C17H16FNO. The molecule has 0 bridgehead atoms. The maximum absolute atomic E-state index is 14.0. The fourth-order valence-corrected chi connectivity index (χ4v) is 2.83. The van der Waals surface area contributed by atoms with Crippen LogP contribution in [0.2, 0.25) is 0 Å². The lowest BCUT2D eigenvalue weighted by Crippen LogP contribution is -2.20. The Balaban J connectivity index is 1.79. The average Bonchev–Trinajstić information content (AvgIpc) is 2.97. The van der Waals surface area contributed by atoms with E-state index in [0.29, 0.717) is 23.5 Å². The molecule has 1 heterocycles. The fraction of sp³-hybridized carbons (Fsp3) is 0.235. The molecule has 0 aromatic heterocycles. The van der Waals surface area contributed by atoms with Gasteiger partial charge in [0.05, 0.1) is 5.69 Å². The summed E-state index contributed by atoms with van der Waals surface area (Å²) < 4.78 is 14.0. The first-order chi connectivity index (χ1) is 9.78. The predicted molar refractivity (Wildman–Crippen MR) is 77.8 cm³/mol. The Kier molecular flexibility index (Phi) is 3.50. The lowest BCUT2D eigenvalue weighted by molar-refractivity contribution is 0.112. The minimum atomic E-state index is -0.316. The van der Waals surface area contributed by atoms with Crippen LogP contribution >= 0.6 is 0 Å². The molecule has 0 amide bonds. The van der Waals surface area contributed by atoms with Gasteiger partial charge in [0.15, 0.2) is 0 Å².